The zero-order valence-corrected chi connectivity index (χ0v) is 12.8. The fourth-order valence-corrected chi connectivity index (χ4v) is 2.27. The van der Waals surface area contributed by atoms with Crippen molar-refractivity contribution in [1.82, 2.24) is 4.90 Å². The van der Waals surface area contributed by atoms with Crippen molar-refractivity contribution in [3.8, 4) is 0 Å². The Bertz CT molecular complexity index is 386. The summed E-state index contributed by atoms with van der Waals surface area (Å²) in [6, 6.07) is 6.87. The maximum atomic E-state index is 13.1. The van der Waals surface area contributed by atoms with E-state index in [1.807, 2.05) is 12.1 Å². The molecule has 0 aliphatic carbocycles. The summed E-state index contributed by atoms with van der Waals surface area (Å²) in [5, 5.41) is 0. The molecule has 2 nitrogen and oxygen atoms in total. The average Bonchev–Trinajstić information content (AvgIpc) is 2.40. The molecule has 0 aliphatic rings. The van der Waals surface area contributed by atoms with Crippen LogP contribution in [0.2, 0.25) is 0 Å². The van der Waals surface area contributed by atoms with Crippen LogP contribution in [0.1, 0.15) is 52.1 Å². The highest BCUT2D eigenvalue weighted by Crippen LogP contribution is 2.31. The number of nitrogens with zero attached hydrogens (tertiary/aromatic N) is 1. The minimum Gasteiger partial charge on any atom is -0.326 e. The fourth-order valence-electron chi connectivity index (χ4n) is 2.27. The third-order valence-corrected chi connectivity index (χ3v) is 4.33. The van der Waals surface area contributed by atoms with Gasteiger partial charge in [-0.15, -0.1) is 0 Å². The first-order chi connectivity index (χ1) is 8.83. The summed E-state index contributed by atoms with van der Waals surface area (Å²) >= 11 is 0. The quantitative estimate of drug-likeness (QED) is 0.850. The summed E-state index contributed by atoms with van der Waals surface area (Å²) in [5.74, 6) is -0.204. The second-order valence-corrected chi connectivity index (χ2v) is 5.85. The lowest BCUT2D eigenvalue weighted by Crippen LogP contribution is -2.48. The maximum absolute atomic E-state index is 13.1. The van der Waals surface area contributed by atoms with Gasteiger partial charge in [-0.2, -0.15) is 0 Å². The molecule has 2 atom stereocenters. The summed E-state index contributed by atoms with van der Waals surface area (Å²) in [4.78, 5) is 2.31. The Labute approximate surface area is 116 Å². The van der Waals surface area contributed by atoms with Gasteiger partial charge in [-0.1, -0.05) is 26.0 Å². The molecule has 0 saturated heterocycles. The molecule has 0 aliphatic heterocycles. The van der Waals surface area contributed by atoms with Crippen molar-refractivity contribution >= 4 is 0 Å². The van der Waals surface area contributed by atoms with E-state index in [0.717, 1.165) is 18.4 Å². The average molecular weight is 266 g/mol. The molecule has 0 saturated carbocycles. The van der Waals surface area contributed by atoms with E-state index in [1.54, 1.807) is 0 Å². The van der Waals surface area contributed by atoms with Crippen LogP contribution in [-0.4, -0.2) is 23.5 Å². The lowest BCUT2D eigenvalue weighted by atomic mass is 9.90. The minimum absolute atomic E-state index is 0.0429. The highest BCUT2D eigenvalue weighted by atomic mass is 19.1. The molecule has 0 aromatic heterocycles. The molecule has 1 aromatic carbocycles. The van der Waals surface area contributed by atoms with Crippen molar-refractivity contribution in [1.29, 1.82) is 0 Å². The van der Waals surface area contributed by atoms with Crippen molar-refractivity contribution in [2.75, 3.05) is 7.05 Å². The first-order valence-corrected chi connectivity index (χ1v) is 7.07. The number of hydrogen-bond acceptors (Lipinski definition) is 2. The number of rotatable bonds is 6. The Balaban J connectivity index is 3.11. The van der Waals surface area contributed by atoms with Crippen molar-refractivity contribution in [3.05, 3.63) is 35.6 Å². The van der Waals surface area contributed by atoms with Crippen LogP contribution in [0.5, 0.6) is 0 Å². The molecule has 0 spiro atoms. The molecule has 19 heavy (non-hydrogen) atoms. The van der Waals surface area contributed by atoms with Crippen molar-refractivity contribution < 1.29 is 4.39 Å². The van der Waals surface area contributed by atoms with Gasteiger partial charge in [0.1, 0.15) is 5.82 Å². The second kappa shape index (κ2) is 6.49. The first-order valence-electron chi connectivity index (χ1n) is 7.07. The molecule has 1 aromatic rings. The van der Waals surface area contributed by atoms with Crippen molar-refractivity contribution in [3.63, 3.8) is 0 Å². The number of hydrogen-bond donors (Lipinski definition) is 1. The Morgan fingerprint density at radius 2 is 1.74 bits per heavy atom. The molecule has 0 radical (unpaired) electrons. The summed E-state index contributed by atoms with van der Waals surface area (Å²) in [6.07, 6.45) is 1.93. The molecule has 1 rings (SSSR count). The second-order valence-electron chi connectivity index (χ2n) is 5.85. The monoisotopic (exact) mass is 266 g/mol. The van der Waals surface area contributed by atoms with Crippen LogP contribution in [0.4, 0.5) is 4.39 Å². The predicted octanol–water partition coefficient (Wildman–Crippen LogP) is 3.72. The number of halogens is 1. The summed E-state index contributed by atoms with van der Waals surface area (Å²) < 4.78 is 13.1. The van der Waals surface area contributed by atoms with Gasteiger partial charge < -0.3 is 5.73 Å². The Kier molecular flexibility index (Phi) is 5.50. The van der Waals surface area contributed by atoms with E-state index in [4.69, 9.17) is 5.73 Å². The lowest BCUT2D eigenvalue weighted by molar-refractivity contribution is 0.0806. The van der Waals surface area contributed by atoms with Crippen LogP contribution in [0.25, 0.3) is 0 Å². The van der Waals surface area contributed by atoms with Crippen LogP contribution in [0.15, 0.2) is 24.3 Å². The van der Waals surface area contributed by atoms with Crippen molar-refractivity contribution in [2.45, 2.75) is 58.2 Å². The van der Waals surface area contributed by atoms with Gasteiger partial charge in [0.15, 0.2) is 0 Å². The summed E-state index contributed by atoms with van der Waals surface area (Å²) in [5.41, 5.74) is 7.45. The molecule has 0 bridgehead atoms. The molecule has 108 valence electrons. The minimum atomic E-state index is -0.204. The van der Waals surface area contributed by atoms with E-state index < -0.39 is 0 Å². The van der Waals surface area contributed by atoms with Crippen LogP contribution in [0.3, 0.4) is 0 Å². The molecule has 2 unspecified atom stereocenters. The van der Waals surface area contributed by atoms with Crippen molar-refractivity contribution in [2.24, 2.45) is 5.73 Å². The predicted molar refractivity (Wildman–Crippen MR) is 79.5 cm³/mol. The number of benzene rings is 1. The van der Waals surface area contributed by atoms with Gasteiger partial charge in [-0.05, 0) is 51.4 Å². The highest BCUT2D eigenvalue weighted by molar-refractivity contribution is 5.22. The van der Waals surface area contributed by atoms with E-state index in [1.165, 1.54) is 12.1 Å². The van der Waals surface area contributed by atoms with E-state index in [0.29, 0.717) is 0 Å². The molecular formula is C16H27FN2. The molecular weight excluding hydrogens is 239 g/mol. The molecule has 0 fully saturated rings. The zero-order chi connectivity index (χ0) is 14.6. The van der Waals surface area contributed by atoms with Crippen LogP contribution in [0, 0.1) is 5.82 Å². The smallest absolute Gasteiger partial charge is 0.123 e. The third kappa shape index (κ3) is 3.77. The van der Waals surface area contributed by atoms with E-state index >= 15 is 0 Å². The van der Waals surface area contributed by atoms with E-state index in [-0.39, 0.29) is 23.4 Å². The Hall–Kier alpha value is -0.930. The number of nitrogens with two attached hydrogens (primary N) is 1. The standard InChI is InChI=1S/C16H27FN2/c1-6-14(18)15(19(5)16(3,4)7-2)12-8-10-13(17)11-9-12/h8-11,14-15H,6-7,18H2,1-5H3. The topological polar surface area (TPSA) is 29.3 Å². The summed E-state index contributed by atoms with van der Waals surface area (Å²) in [7, 11) is 2.10. The molecule has 0 heterocycles. The Morgan fingerprint density at radius 3 is 2.16 bits per heavy atom. The van der Waals surface area contributed by atoms with Crippen LogP contribution in [-0.2, 0) is 0 Å². The third-order valence-electron chi connectivity index (χ3n) is 4.33. The van der Waals surface area contributed by atoms with Gasteiger partial charge >= 0.3 is 0 Å². The Morgan fingerprint density at radius 1 is 1.21 bits per heavy atom. The van der Waals surface area contributed by atoms with E-state index in [2.05, 4.69) is 39.6 Å². The zero-order valence-electron chi connectivity index (χ0n) is 12.8. The van der Waals surface area contributed by atoms with Crippen LogP contribution >= 0.6 is 0 Å². The summed E-state index contributed by atoms with van der Waals surface area (Å²) in [6.45, 7) is 8.70. The van der Waals surface area contributed by atoms with Gasteiger partial charge in [0.05, 0.1) is 6.04 Å². The first kappa shape index (κ1) is 16.1. The van der Waals surface area contributed by atoms with Gasteiger partial charge in [-0.25, -0.2) is 4.39 Å². The molecule has 3 heteroatoms. The highest BCUT2D eigenvalue weighted by Gasteiger charge is 2.32. The van der Waals surface area contributed by atoms with Gasteiger partial charge in [-0.3, -0.25) is 4.90 Å². The largest absolute Gasteiger partial charge is 0.326 e. The van der Waals surface area contributed by atoms with Gasteiger partial charge in [0, 0.05) is 11.6 Å². The normalized spacial score (nSPS) is 15.6. The maximum Gasteiger partial charge on any atom is 0.123 e. The fraction of sp³-hybridized carbons (Fsp3) is 0.625. The van der Waals surface area contributed by atoms with E-state index in [9.17, 15) is 4.39 Å². The molecule has 0 amide bonds. The lowest BCUT2D eigenvalue weighted by Gasteiger charge is -2.43. The van der Waals surface area contributed by atoms with Crippen LogP contribution < -0.4 is 5.73 Å². The van der Waals surface area contributed by atoms with Gasteiger partial charge in [0.2, 0.25) is 0 Å². The molecule has 2 N–H and O–H groups in total. The van der Waals surface area contributed by atoms with Gasteiger partial charge in [0.25, 0.3) is 0 Å². The number of likely N-dealkylation sites (N-methyl/N-ethyl adjacent to an activating group) is 1. The SMILES string of the molecule is CCC(N)C(c1ccc(F)cc1)N(C)C(C)(C)CC.